The van der Waals surface area contributed by atoms with E-state index in [-0.39, 0.29) is 69.9 Å². The number of hydrogen-bond acceptors (Lipinski definition) is 6. The summed E-state index contributed by atoms with van der Waals surface area (Å²) >= 11 is 0. The van der Waals surface area contributed by atoms with Crippen molar-refractivity contribution in [3.63, 3.8) is 0 Å². The largest absolute Gasteiger partial charge is 1.00 e. The van der Waals surface area contributed by atoms with Gasteiger partial charge in [-0.1, -0.05) is 31.5 Å². The van der Waals surface area contributed by atoms with Gasteiger partial charge in [0.05, 0.1) is 4.90 Å². The van der Waals surface area contributed by atoms with Crippen LogP contribution in [0.1, 0.15) is 25.3 Å². The first-order valence-corrected chi connectivity index (χ1v) is 8.20. The average Bonchev–Trinajstić information content (AvgIpc) is 2.35. The van der Waals surface area contributed by atoms with Crippen LogP contribution in [-0.4, -0.2) is 25.6 Å². The third-order valence-electron chi connectivity index (χ3n) is 2.72. The molecule has 2 aromatic carbocycles. The van der Waals surface area contributed by atoms with Gasteiger partial charge in [0.1, 0.15) is 10.1 Å². The molecule has 0 aliphatic heterocycles. The minimum atomic E-state index is -4.41. The van der Waals surface area contributed by atoms with E-state index in [4.69, 9.17) is 12.6 Å². The second kappa shape index (κ2) is 11.0. The van der Waals surface area contributed by atoms with Crippen molar-refractivity contribution < 1.29 is 84.7 Å². The van der Waals surface area contributed by atoms with E-state index in [9.17, 15) is 13.0 Å². The monoisotopic (exact) mass is 374 g/mol. The molecule has 0 bridgehead atoms. The predicted molar refractivity (Wildman–Crippen MR) is 74.5 cm³/mol. The van der Waals surface area contributed by atoms with Crippen LogP contribution in [0.2, 0.25) is 0 Å². The molecule has 0 spiro atoms. The van der Waals surface area contributed by atoms with E-state index in [1.165, 1.54) is 12.1 Å². The average molecular weight is 374 g/mol. The Morgan fingerprint density at radius 1 is 1.13 bits per heavy atom. The number of hydrogen-bond donors (Lipinski definition) is 0. The summed E-state index contributed by atoms with van der Waals surface area (Å²) in [6, 6.07) is 11.1. The summed E-state index contributed by atoms with van der Waals surface area (Å²) in [7, 11) is -7.52. The molecular formula is C13H12Na2O6S2. The first-order chi connectivity index (χ1) is 9.62. The second-order valence-electron chi connectivity index (χ2n) is 4.47. The van der Waals surface area contributed by atoms with Crippen LogP contribution in [0, 0.1) is 6.07 Å². The summed E-state index contributed by atoms with van der Waals surface area (Å²) in [6.07, 6.45) is 0. The second-order valence-corrected chi connectivity index (χ2v) is 6.26. The fourth-order valence-corrected chi connectivity index (χ4v) is 2.41. The summed E-state index contributed by atoms with van der Waals surface area (Å²) in [5, 5.41) is 1.69. The van der Waals surface area contributed by atoms with Gasteiger partial charge in [-0.2, -0.15) is 24.3 Å². The van der Waals surface area contributed by atoms with Crippen molar-refractivity contribution in [2.75, 3.05) is 0 Å². The summed E-state index contributed by atoms with van der Waals surface area (Å²) in [5.41, 5.74) is 0.855. The van der Waals surface area contributed by atoms with Gasteiger partial charge in [-0.3, -0.25) is 0 Å². The van der Waals surface area contributed by atoms with Gasteiger partial charge in [0, 0.05) is 0 Å². The van der Waals surface area contributed by atoms with Crippen LogP contribution in [0.3, 0.4) is 0 Å². The van der Waals surface area contributed by atoms with Crippen molar-refractivity contribution in [1.29, 1.82) is 0 Å². The third-order valence-corrected chi connectivity index (χ3v) is 3.53. The predicted octanol–water partition coefficient (Wildman–Crippen LogP) is -4.33. The molecule has 0 fully saturated rings. The molecule has 0 unspecified atom stereocenters. The van der Waals surface area contributed by atoms with E-state index in [2.05, 4.69) is 6.07 Å². The maximum Gasteiger partial charge on any atom is 1.00 e. The summed E-state index contributed by atoms with van der Waals surface area (Å²) in [6.45, 7) is 3.92. The Morgan fingerprint density at radius 3 is 2.09 bits per heavy atom. The van der Waals surface area contributed by atoms with E-state index < -0.39 is 20.7 Å². The van der Waals surface area contributed by atoms with E-state index >= 15 is 0 Å². The minimum absolute atomic E-state index is 0. The fraction of sp³-hybridized carbons (Fsp3) is 0.231. The standard InChI is InChI=1S/C13H13O3S.2Na.O3S/c1-9(2)13-8-11(17(14,15)16)7-10-5-3-4-6-12(10)13;;;1-4(2)3/h3,5-9H,1-2H3,(H,14,15,16);;;/q-1;2*+1;/p-1. The van der Waals surface area contributed by atoms with Gasteiger partial charge in [0.2, 0.25) is 0 Å². The quantitative estimate of drug-likeness (QED) is 0.299. The molecule has 2 rings (SSSR count). The van der Waals surface area contributed by atoms with Crippen LogP contribution >= 0.6 is 0 Å². The molecule has 0 heterocycles. The van der Waals surface area contributed by atoms with E-state index in [1.807, 2.05) is 19.9 Å². The van der Waals surface area contributed by atoms with Crippen LogP contribution in [-0.2, 0) is 20.7 Å². The SMILES string of the molecule is CC(C)c1cc(S(=O)(=O)[O-])cc2cc[c-]cc12.O=S(=O)=O.[Na+].[Na+]. The summed E-state index contributed by atoms with van der Waals surface area (Å²) in [5.74, 6) is 0.148. The Kier molecular flexibility index (Phi) is 12.1. The van der Waals surface area contributed by atoms with Crippen molar-refractivity contribution in [2.24, 2.45) is 0 Å². The Labute approximate surface area is 181 Å². The van der Waals surface area contributed by atoms with Gasteiger partial charge in [-0.25, -0.2) is 8.42 Å². The Bertz CT molecular complexity index is 855. The molecule has 23 heavy (non-hydrogen) atoms. The molecule has 0 radical (unpaired) electrons. The number of benzene rings is 2. The van der Waals surface area contributed by atoms with Crippen molar-refractivity contribution in [1.82, 2.24) is 0 Å². The van der Waals surface area contributed by atoms with Crippen LogP contribution in [0.25, 0.3) is 10.8 Å². The molecule has 0 aliphatic carbocycles. The molecule has 0 atom stereocenters. The zero-order chi connectivity index (χ0) is 16.2. The van der Waals surface area contributed by atoms with Gasteiger partial charge in [-0.15, -0.1) is 23.4 Å². The van der Waals surface area contributed by atoms with Gasteiger partial charge in [0.25, 0.3) is 0 Å². The molecule has 0 saturated carbocycles. The number of rotatable bonds is 2. The molecule has 0 saturated heterocycles. The molecule has 6 nitrogen and oxygen atoms in total. The first kappa shape index (κ1) is 25.5. The van der Waals surface area contributed by atoms with E-state index in [1.54, 1.807) is 12.1 Å². The molecule has 0 aliphatic rings. The van der Waals surface area contributed by atoms with Gasteiger partial charge in [0.15, 0.2) is 0 Å². The van der Waals surface area contributed by atoms with Crippen LogP contribution in [0.5, 0.6) is 0 Å². The summed E-state index contributed by atoms with van der Waals surface area (Å²) < 4.78 is 58.6. The van der Waals surface area contributed by atoms with Crippen LogP contribution in [0.15, 0.2) is 35.2 Å². The third kappa shape index (κ3) is 8.24. The smallest absolute Gasteiger partial charge is 0.744 e. The van der Waals surface area contributed by atoms with E-state index in [0.717, 1.165) is 16.3 Å². The first-order valence-electron chi connectivity index (χ1n) is 5.79. The van der Waals surface area contributed by atoms with Crippen molar-refractivity contribution in [2.45, 2.75) is 24.7 Å². The fourth-order valence-electron chi connectivity index (χ4n) is 1.87. The molecule has 0 aromatic heterocycles. The molecule has 0 N–H and O–H groups in total. The molecule has 2 aromatic rings. The zero-order valence-corrected chi connectivity index (χ0v) is 18.9. The topological polar surface area (TPSA) is 108 Å². The normalized spacial score (nSPS) is 10.1. The van der Waals surface area contributed by atoms with Crippen molar-refractivity contribution >= 4 is 31.5 Å². The van der Waals surface area contributed by atoms with Crippen molar-refractivity contribution in [3.05, 3.63) is 42.0 Å². The maximum absolute atomic E-state index is 11.1. The Balaban J connectivity index is 0. The van der Waals surface area contributed by atoms with Gasteiger partial charge < -0.3 is 4.55 Å². The molecule has 0 amide bonds. The summed E-state index contributed by atoms with van der Waals surface area (Å²) in [4.78, 5) is -0.167. The minimum Gasteiger partial charge on any atom is -0.744 e. The van der Waals surface area contributed by atoms with Gasteiger partial charge >= 0.3 is 69.7 Å². The molecule has 114 valence electrons. The van der Waals surface area contributed by atoms with Gasteiger partial charge in [-0.05, 0) is 5.92 Å². The van der Waals surface area contributed by atoms with Crippen molar-refractivity contribution in [3.8, 4) is 0 Å². The Hall–Kier alpha value is 0.230. The number of fused-ring (bicyclic) bond motifs is 1. The van der Waals surface area contributed by atoms with Crippen LogP contribution in [0.4, 0.5) is 0 Å². The van der Waals surface area contributed by atoms with Crippen LogP contribution < -0.4 is 59.1 Å². The zero-order valence-electron chi connectivity index (χ0n) is 13.2. The Morgan fingerprint density at radius 2 is 1.65 bits per heavy atom. The maximum atomic E-state index is 11.1. The van der Waals surface area contributed by atoms with E-state index in [0.29, 0.717) is 0 Å². The molecular weight excluding hydrogens is 362 g/mol. The molecule has 10 heteroatoms.